The third kappa shape index (κ3) is 43.8. The van der Waals surface area contributed by atoms with Crippen LogP contribution in [0.5, 0.6) is 5.75 Å². The van der Waals surface area contributed by atoms with Crippen molar-refractivity contribution >= 4 is 70.6 Å². The van der Waals surface area contributed by atoms with E-state index in [1.807, 2.05) is 36.4 Å². The molecular weight excluding hydrogens is 1720 g/mol. The maximum atomic E-state index is 11.9. The molecule has 41 heteroatoms. The van der Waals surface area contributed by atoms with Crippen molar-refractivity contribution in [2.24, 2.45) is 4.99 Å². The molecule has 3 aliphatic heterocycles. The van der Waals surface area contributed by atoms with Gasteiger partial charge in [-0.2, -0.15) is 10.3 Å². The first-order chi connectivity index (χ1) is 62.8. The lowest BCUT2D eigenvalue weighted by Gasteiger charge is -2.23. The highest BCUT2D eigenvalue weighted by molar-refractivity contribution is 8.03. The van der Waals surface area contributed by atoms with Gasteiger partial charge in [0.15, 0.2) is 11.4 Å². The van der Waals surface area contributed by atoms with Gasteiger partial charge in [0.1, 0.15) is 33.9 Å². The summed E-state index contributed by atoms with van der Waals surface area (Å²) in [6.07, 6.45) is 0.616. The summed E-state index contributed by atoms with van der Waals surface area (Å²) in [4.78, 5) is 111. The van der Waals surface area contributed by atoms with Crippen LogP contribution >= 0.6 is 24.0 Å². The number of nitriles is 1. The third-order valence-electron chi connectivity index (χ3n) is 19.3. The quantitative estimate of drug-likeness (QED) is 0.0158. The molecule has 0 unspecified atom stereocenters. The van der Waals surface area contributed by atoms with E-state index in [-0.39, 0.29) is 34.2 Å². The predicted octanol–water partition coefficient (Wildman–Crippen LogP) is 6.70. The van der Waals surface area contributed by atoms with E-state index in [4.69, 9.17) is 66.8 Å². The normalized spacial score (nSPS) is 17.4. The average Bonchev–Trinajstić information content (AvgIpc) is 0.858. The maximum Gasteiger partial charge on any atom is 0.354 e. The molecule has 0 saturated carbocycles. The minimum atomic E-state index is -1.15. The number of thiocyanates is 1. The molecule has 6 aromatic heterocycles. The molecule has 7 aromatic rings. The Bertz CT molecular complexity index is 4460. The van der Waals surface area contributed by atoms with Crippen molar-refractivity contribution in [2.75, 3.05) is 244 Å². The summed E-state index contributed by atoms with van der Waals surface area (Å²) in [5.41, 5.74) is 5.05. The van der Waals surface area contributed by atoms with Crippen LogP contribution in [0.1, 0.15) is 103 Å². The highest BCUT2D eigenvalue weighted by Crippen LogP contribution is 2.22. The van der Waals surface area contributed by atoms with Crippen LogP contribution in [-0.4, -0.2) is 375 Å². The molecule has 3 saturated heterocycles. The number of aromatic nitrogens is 6. The lowest BCUT2D eigenvalue weighted by Crippen LogP contribution is -2.33. The molecular formula is C88H114N14O25S2. The standard InChI is InChI=1S/C35H43N5O9S.C27H35N5O8S.C26H36N4O8/c36-26-50-31-6-4-27(5-7-31)8-13-49-30-22-29(38-33(23-30)35(43)44)25-40-11-16-47-20-18-45-14-9-39(10-15-46-19-21-48-17-12-40)24-28-2-1-3-32(37-28)34(41)42;33-26(34)24-3-1-2-21(29-24)18-31-4-8-37-12-14-39-10-6-32(7-11-40-15-13-38-9-5-31)19-23-16-22(28-20-41)17-25(30-23)27(35)36;31-25(32)23-5-1-3-21(27-23)19-29-7-11-35-15-17-37-13-9-30(10-14-38-18-16-36-12-8-29)20-22-4-2-6-24(28-22)26(33)34/h1-7,22-23H,8-21,24-25H2,(H,41,42)(H,43,44);1-3,16-17H,4-15,18-19H2,(H,33,34)(H,35,36);1-6H,7-20H2,(H,31,32)(H,33,34). The largest absolute Gasteiger partial charge is 0.493 e. The lowest BCUT2D eigenvalue weighted by molar-refractivity contribution is 0.00596. The molecule has 3 aliphatic rings. The van der Waals surface area contributed by atoms with E-state index in [2.05, 4.69) is 87.1 Å². The van der Waals surface area contributed by atoms with Gasteiger partial charge in [-0.15, -0.1) is 0 Å². The fourth-order valence-corrected chi connectivity index (χ4v) is 13.3. The first-order valence-electron chi connectivity index (χ1n) is 42.2. The number of isothiocyanates is 1. The van der Waals surface area contributed by atoms with Crippen LogP contribution in [0.25, 0.3) is 0 Å². The average molecular weight is 1830 g/mol. The van der Waals surface area contributed by atoms with Gasteiger partial charge in [-0.1, -0.05) is 36.4 Å². The van der Waals surface area contributed by atoms with Crippen molar-refractivity contribution in [3.05, 3.63) is 195 Å². The number of hydrogen-bond donors (Lipinski definition) is 6. The van der Waals surface area contributed by atoms with Crippen LogP contribution in [0.4, 0.5) is 5.69 Å². The highest BCUT2D eigenvalue weighted by Gasteiger charge is 2.21. The zero-order valence-electron chi connectivity index (χ0n) is 72.2. The van der Waals surface area contributed by atoms with Crippen molar-refractivity contribution < 1.29 is 121 Å². The topological polar surface area (TPSA) is 477 Å². The van der Waals surface area contributed by atoms with Crippen LogP contribution in [0.15, 0.2) is 131 Å². The first kappa shape index (κ1) is 104. The number of ether oxygens (including phenoxy) is 13. The zero-order valence-corrected chi connectivity index (χ0v) is 73.8. The van der Waals surface area contributed by atoms with Crippen molar-refractivity contribution in [1.82, 2.24) is 59.3 Å². The fourth-order valence-electron chi connectivity index (χ4n) is 12.8. The van der Waals surface area contributed by atoms with Crippen LogP contribution in [0, 0.1) is 10.7 Å². The van der Waals surface area contributed by atoms with E-state index in [1.54, 1.807) is 48.5 Å². The Morgan fingerprint density at radius 1 is 0.333 bits per heavy atom. The molecule has 0 atom stereocenters. The second-order valence-electron chi connectivity index (χ2n) is 28.9. The van der Waals surface area contributed by atoms with Gasteiger partial charge >= 0.3 is 35.8 Å². The van der Waals surface area contributed by atoms with E-state index in [0.29, 0.717) is 335 Å². The van der Waals surface area contributed by atoms with Crippen molar-refractivity contribution in [1.29, 1.82) is 5.26 Å². The summed E-state index contributed by atoms with van der Waals surface area (Å²) in [6, 6.07) is 33.8. The highest BCUT2D eigenvalue weighted by atomic mass is 32.2. The van der Waals surface area contributed by atoms with E-state index in [1.165, 1.54) is 36.4 Å². The SMILES string of the molecule is N#CSc1ccc(CCOc2cc(CN3CCOCCOCCN(Cc4cccc(C(=O)O)n4)CCOCCOCC3)nc(C(=O)O)c2)cc1.O=C(O)c1cccc(CN2CCOCCOCCN(Cc3cc(N=C=S)cc(C(=O)O)n3)CCOCCOCC2)n1.O=C(O)c1cccc(CN2CCOCCOCCN(Cc3cccc(C(=O)O)n3)CCOCCOCC2)n1. The second-order valence-corrected chi connectivity index (χ2v) is 30.0. The summed E-state index contributed by atoms with van der Waals surface area (Å²) >= 11 is 5.76. The van der Waals surface area contributed by atoms with Gasteiger partial charge in [0.25, 0.3) is 0 Å². The predicted molar refractivity (Wildman–Crippen MR) is 470 cm³/mol. The van der Waals surface area contributed by atoms with Crippen molar-refractivity contribution in [3.8, 4) is 11.2 Å². The number of nitrogens with zero attached hydrogens (tertiary/aromatic N) is 14. The van der Waals surface area contributed by atoms with Gasteiger partial charge in [0.05, 0.1) is 210 Å². The van der Waals surface area contributed by atoms with Crippen LogP contribution < -0.4 is 4.74 Å². The molecule has 9 heterocycles. The number of carbonyl (C=O) groups is 6. The molecule has 39 nitrogen and oxygen atoms in total. The lowest BCUT2D eigenvalue weighted by atomic mass is 10.2. The summed E-state index contributed by atoms with van der Waals surface area (Å²) in [7, 11) is 0. The summed E-state index contributed by atoms with van der Waals surface area (Å²) < 4.78 is 75.3. The van der Waals surface area contributed by atoms with E-state index >= 15 is 0 Å². The van der Waals surface area contributed by atoms with Gasteiger partial charge in [-0.3, -0.25) is 29.4 Å². The van der Waals surface area contributed by atoms with Crippen LogP contribution in [-0.2, 0) is 103 Å². The number of hydrogen-bond acceptors (Lipinski definition) is 35. The molecule has 0 amide bonds. The Morgan fingerprint density at radius 2 is 0.581 bits per heavy atom. The van der Waals surface area contributed by atoms with E-state index in [9.17, 15) is 59.4 Å². The van der Waals surface area contributed by atoms with Gasteiger partial charge < -0.3 is 92.2 Å². The zero-order chi connectivity index (χ0) is 91.7. The molecule has 3 fully saturated rings. The van der Waals surface area contributed by atoms with Crippen molar-refractivity contribution in [3.63, 3.8) is 0 Å². The number of thioether (sulfide) groups is 1. The van der Waals surface area contributed by atoms with Gasteiger partial charge in [-0.25, -0.2) is 58.7 Å². The molecule has 0 radical (unpaired) electrons. The van der Waals surface area contributed by atoms with Crippen LogP contribution in [0.2, 0.25) is 0 Å². The Labute approximate surface area is 758 Å². The van der Waals surface area contributed by atoms with Crippen LogP contribution in [0.3, 0.4) is 0 Å². The molecule has 0 spiro atoms. The molecule has 129 heavy (non-hydrogen) atoms. The molecule has 0 bridgehead atoms. The fraction of sp³-hybridized carbons (Fsp3) is 0.500. The molecule has 10 rings (SSSR count). The Balaban J connectivity index is 0.000000242. The second kappa shape index (κ2) is 62.0. The summed E-state index contributed by atoms with van der Waals surface area (Å²) in [5.74, 6) is -6.08. The number of rotatable bonds is 24. The third-order valence-corrected chi connectivity index (χ3v) is 20.0. The summed E-state index contributed by atoms with van der Waals surface area (Å²) in [5, 5.41) is 69.1. The number of aliphatic imine (C=N–C) groups is 1. The van der Waals surface area contributed by atoms with Gasteiger partial charge in [-0.05, 0) is 102 Å². The molecule has 698 valence electrons. The smallest absolute Gasteiger partial charge is 0.354 e. The minimum Gasteiger partial charge on any atom is -0.493 e. The number of thiocarbonyl (C=S) groups is 1. The van der Waals surface area contributed by atoms with E-state index < -0.39 is 35.8 Å². The summed E-state index contributed by atoms with van der Waals surface area (Å²) in [6.45, 7) is 20.9. The number of carboxylic acids is 6. The Hall–Kier alpha value is -10.3. The Morgan fingerprint density at radius 3 is 0.837 bits per heavy atom. The first-order valence-corrected chi connectivity index (χ1v) is 43.5. The monoisotopic (exact) mass is 1830 g/mol. The molecule has 6 N–H and O–H groups in total. The van der Waals surface area contributed by atoms with E-state index in [0.717, 1.165) is 22.2 Å². The number of carboxylic acid groups (broad SMARTS) is 6. The molecule has 1 aromatic carbocycles. The number of benzene rings is 1. The Kier molecular flexibility index (Phi) is 50.0. The van der Waals surface area contributed by atoms with Gasteiger partial charge in [0.2, 0.25) is 0 Å². The number of aromatic carboxylic acids is 6. The van der Waals surface area contributed by atoms with Crippen molar-refractivity contribution in [2.45, 2.75) is 50.6 Å². The maximum absolute atomic E-state index is 11.9. The molecule has 0 aliphatic carbocycles. The number of pyridine rings is 6. The minimum absolute atomic E-state index is 0.00991. The van der Waals surface area contributed by atoms with Gasteiger partial charge in [0, 0.05) is 141 Å².